The second-order valence-electron chi connectivity index (χ2n) is 5.31. The van der Waals surface area contributed by atoms with Gasteiger partial charge in [-0.2, -0.15) is 10.4 Å². The number of hydrogen-bond acceptors (Lipinski definition) is 4. The van der Waals surface area contributed by atoms with Crippen LogP contribution in [0.25, 0.3) is 0 Å². The third-order valence-electron chi connectivity index (χ3n) is 3.45. The van der Waals surface area contributed by atoms with E-state index in [-0.39, 0.29) is 0 Å². The fourth-order valence-corrected chi connectivity index (χ4v) is 2.27. The lowest BCUT2D eigenvalue weighted by Gasteiger charge is -2.06. The lowest BCUT2D eigenvalue weighted by molar-refractivity contribution is 0.262. The minimum atomic E-state index is -0.412. The number of nitrogens with zero attached hydrogens (tertiary/aromatic N) is 4. The van der Waals surface area contributed by atoms with Crippen LogP contribution in [0.2, 0.25) is 0 Å². The first kappa shape index (κ1) is 16.2. The van der Waals surface area contributed by atoms with Gasteiger partial charge in [0.1, 0.15) is 0 Å². The van der Waals surface area contributed by atoms with Gasteiger partial charge in [0.05, 0.1) is 11.6 Å². The third kappa shape index (κ3) is 4.65. The van der Waals surface area contributed by atoms with Crippen LogP contribution in [0.1, 0.15) is 11.3 Å². The molecule has 3 rings (SSSR count). The predicted octanol–water partition coefficient (Wildman–Crippen LogP) is 3.04. The molecule has 0 fully saturated rings. The normalized spacial score (nSPS) is 10.0. The van der Waals surface area contributed by atoms with Crippen molar-refractivity contribution in [2.24, 2.45) is 0 Å². The maximum Gasteiger partial charge on any atom is 0.324 e. The van der Waals surface area contributed by atoms with Crippen LogP contribution in [0, 0.1) is 11.3 Å². The summed E-state index contributed by atoms with van der Waals surface area (Å²) in [7, 11) is 0. The Morgan fingerprint density at radius 1 is 1.16 bits per heavy atom. The summed E-state index contributed by atoms with van der Waals surface area (Å²) in [6, 6.07) is 15.8. The van der Waals surface area contributed by atoms with Crippen LogP contribution in [0.15, 0.2) is 60.9 Å². The average molecular weight is 332 g/mol. The highest BCUT2D eigenvalue weighted by Gasteiger charge is 2.06. The zero-order valence-corrected chi connectivity index (χ0v) is 13.4. The molecule has 25 heavy (non-hydrogen) atoms. The van der Waals surface area contributed by atoms with E-state index in [0.717, 1.165) is 12.1 Å². The second-order valence-corrected chi connectivity index (χ2v) is 5.31. The molecule has 0 saturated carbocycles. The zero-order valence-electron chi connectivity index (χ0n) is 13.4. The molecule has 0 aliphatic heterocycles. The van der Waals surface area contributed by atoms with Gasteiger partial charge in [-0.05, 0) is 30.3 Å². The van der Waals surface area contributed by atoms with Crippen molar-refractivity contribution in [1.82, 2.24) is 14.8 Å². The third-order valence-corrected chi connectivity index (χ3v) is 3.45. The molecule has 2 heterocycles. The first-order valence-electron chi connectivity index (χ1n) is 7.74. The molecule has 2 N–H and O–H groups in total. The van der Waals surface area contributed by atoms with E-state index in [9.17, 15) is 4.79 Å². The number of benzene rings is 1. The number of nitriles is 1. The van der Waals surface area contributed by atoms with E-state index in [4.69, 9.17) is 5.26 Å². The van der Waals surface area contributed by atoms with E-state index in [1.807, 2.05) is 24.3 Å². The Hall–Kier alpha value is -3.66. The van der Waals surface area contributed by atoms with Crippen molar-refractivity contribution in [2.45, 2.75) is 13.0 Å². The highest BCUT2D eigenvalue weighted by molar-refractivity contribution is 5.99. The minimum absolute atomic E-state index is 0.412. The fourth-order valence-electron chi connectivity index (χ4n) is 2.27. The van der Waals surface area contributed by atoms with Gasteiger partial charge in [0.25, 0.3) is 0 Å². The summed E-state index contributed by atoms with van der Waals surface area (Å²) in [4.78, 5) is 16.3. The first-order valence-corrected chi connectivity index (χ1v) is 7.74. The van der Waals surface area contributed by atoms with Crippen molar-refractivity contribution in [2.75, 3.05) is 10.6 Å². The zero-order chi connectivity index (χ0) is 17.5. The Morgan fingerprint density at radius 3 is 2.88 bits per heavy atom. The molecule has 124 valence electrons. The molecule has 3 aromatic rings. The first-order chi connectivity index (χ1) is 12.2. The highest BCUT2D eigenvalue weighted by atomic mass is 16.2. The smallest absolute Gasteiger partial charge is 0.308 e. The molecular weight excluding hydrogens is 316 g/mol. The van der Waals surface area contributed by atoms with Gasteiger partial charge in [-0.15, -0.1) is 0 Å². The summed E-state index contributed by atoms with van der Waals surface area (Å²) in [5.74, 6) is 0.454. The number of carbonyl (C=O) groups is 1. The Bertz CT molecular complexity index is 897. The van der Waals surface area contributed by atoms with Gasteiger partial charge in [-0.3, -0.25) is 15.0 Å². The van der Waals surface area contributed by atoms with Crippen LogP contribution >= 0.6 is 0 Å². The Balaban J connectivity index is 1.54. The summed E-state index contributed by atoms with van der Waals surface area (Å²) in [6.45, 7) is 0.671. The molecule has 0 aliphatic carbocycles. The van der Waals surface area contributed by atoms with E-state index in [2.05, 4.69) is 20.7 Å². The quantitative estimate of drug-likeness (QED) is 0.750. The van der Waals surface area contributed by atoms with Crippen molar-refractivity contribution < 1.29 is 4.79 Å². The monoisotopic (exact) mass is 332 g/mol. The summed E-state index contributed by atoms with van der Waals surface area (Å²) < 4.78 is 1.75. The molecule has 0 atom stereocenters. The summed E-state index contributed by atoms with van der Waals surface area (Å²) >= 11 is 0. The average Bonchev–Trinajstić information content (AvgIpc) is 3.08. The standard InChI is InChI=1S/C18H16N6O/c19-13-14-4-3-6-16(12-14)21-18(25)22-17-8-11-24(23-17)10-7-15-5-1-2-9-20-15/h1-6,8-9,11-12H,7,10H2,(H2,21,22,23,25). The number of anilines is 2. The molecule has 2 aromatic heterocycles. The Morgan fingerprint density at radius 2 is 2.08 bits per heavy atom. The van der Waals surface area contributed by atoms with E-state index in [0.29, 0.717) is 23.6 Å². The van der Waals surface area contributed by atoms with Crippen LogP contribution in [0.3, 0.4) is 0 Å². The lowest BCUT2D eigenvalue weighted by atomic mass is 10.2. The number of urea groups is 1. The van der Waals surface area contributed by atoms with E-state index >= 15 is 0 Å². The number of pyridine rings is 1. The highest BCUT2D eigenvalue weighted by Crippen LogP contribution is 2.11. The van der Waals surface area contributed by atoms with E-state index in [1.54, 1.807) is 47.4 Å². The summed E-state index contributed by atoms with van der Waals surface area (Å²) in [5.41, 5.74) is 2.02. The number of amides is 2. The Labute approximate surface area is 144 Å². The van der Waals surface area contributed by atoms with Crippen LogP contribution in [-0.4, -0.2) is 20.8 Å². The molecule has 0 spiro atoms. The molecule has 0 bridgehead atoms. The molecule has 0 aliphatic rings. The van der Waals surface area contributed by atoms with Crippen molar-refractivity contribution in [1.29, 1.82) is 5.26 Å². The summed E-state index contributed by atoms with van der Waals surface area (Å²) in [5, 5.41) is 18.5. The van der Waals surface area contributed by atoms with Crippen molar-refractivity contribution in [3.8, 4) is 6.07 Å². The molecular formula is C18H16N6O. The van der Waals surface area contributed by atoms with E-state index < -0.39 is 6.03 Å². The number of nitrogens with one attached hydrogen (secondary N) is 2. The van der Waals surface area contributed by atoms with Crippen LogP contribution in [-0.2, 0) is 13.0 Å². The van der Waals surface area contributed by atoms with Crippen LogP contribution < -0.4 is 10.6 Å². The molecule has 0 saturated heterocycles. The van der Waals surface area contributed by atoms with Crippen molar-refractivity contribution in [3.05, 3.63) is 72.2 Å². The van der Waals surface area contributed by atoms with Gasteiger partial charge >= 0.3 is 6.03 Å². The maximum absolute atomic E-state index is 12.0. The van der Waals surface area contributed by atoms with Gasteiger partial charge in [0.2, 0.25) is 0 Å². The number of hydrogen-bond donors (Lipinski definition) is 2. The van der Waals surface area contributed by atoms with Crippen LogP contribution in [0.4, 0.5) is 16.3 Å². The number of aromatic nitrogens is 3. The SMILES string of the molecule is N#Cc1cccc(NC(=O)Nc2ccn(CCc3ccccn3)n2)c1. The van der Waals surface area contributed by atoms with E-state index in [1.165, 1.54) is 0 Å². The molecule has 1 aromatic carbocycles. The topological polar surface area (TPSA) is 95.6 Å². The number of carbonyl (C=O) groups excluding carboxylic acids is 1. The number of aryl methyl sites for hydroxylation is 2. The van der Waals surface area contributed by atoms with Gasteiger partial charge < -0.3 is 5.32 Å². The predicted molar refractivity (Wildman–Crippen MR) is 94.0 cm³/mol. The van der Waals surface area contributed by atoms with Gasteiger partial charge in [0.15, 0.2) is 5.82 Å². The minimum Gasteiger partial charge on any atom is -0.308 e. The second kappa shape index (κ2) is 7.75. The molecule has 7 heteroatoms. The lowest BCUT2D eigenvalue weighted by Crippen LogP contribution is -2.20. The number of rotatable bonds is 5. The summed E-state index contributed by atoms with van der Waals surface area (Å²) in [6.07, 6.45) is 4.32. The molecule has 7 nitrogen and oxygen atoms in total. The maximum atomic E-state index is 12.0. The van der Waals surface area contributed by atoms with Crippen molar-refractivity contribution >= 4 is 17.5 Å². The Kier molecular flexibility index (Phi) is 5.02. The van der Waals surface area contributed by atoms with Crippen molar-refractivity contribution in [3.63, 3.8) is 0 Å². The largest absolute Gasteiger partial charge is 0.324 e. The molecule has 0 radical (unpaired) electrons. The van der Waals surface area contributed by atoms with Gasteiger partial charge in [-0.1, -0.05) is 12.1 Å². The molecule has 0 unspecified atom stereocenters. The van der Waals surface area contributed by atoms with Gasteiger partial charge in [0, 0.05) is 42.8 Å². The molecule has 2 amide bonds. The van der Waals surface area contributed by atoms with Crippen LogP contribution in [0.5, 0.6) is 0 Å². The fraction of sp³-hybridized carbons (Fsp3) is 0.111. The van der Waals surface area contributed by atoms with Gasteiger partial charge in [-0.25, -0.2) is 4.79 Å².